The van der Waals surface area contributed by atoms with E-state index in [1.54, 1.807) is 24.3 Å². The average molecular weight is 649 g/mol. The van der Waals surface area contributed by atoms with Crippen LogP contribution in [-0.2, 0) is 3.02 Å². The van der Waals surface area contributed by atoms with Crippen LogP contribution in [0.5, 0.6) is 11.5 Å². The summed E-state index contributed by atoms with van der Waals surface area (Å²) < 4.78 is 16.5. The van der Waals surface area contributed by atoms with E-state index in [4.69, 9.17) is 9.05 Å². The first kappa shape index (κ1) is 32.9. The van der Waals surface area contributed by atoms with Gasteiger partial charge in [-0.05, 0) is 0 Å². The molecule has 5 rings (SSSR count). The molecule has 0 N–H and O–H groups in total. The minimum Gasteiger partial charge on any atom is 1.00 e. The summed E-state index contributed by atoms with van der Waals surface area (Å²) in [6.45, 7) is 0. The van der Waals surface area contributed by atoms with Crippen molar-refractivity contribution in [3.8, 4) is 11.5 Å². The molecule has 14 heteroatoms. The summed E-state index contributed by atoms with van der Waals surface area (Å²) in [5, 5.41) is 36.8. The van der Waals surface area contributed by atoms with Crippen molar-refractivity contribution in [2.45, 2.75) is 0 Å². The first-order chi connectivity index (χ1) is 16.8. The summed E-state index contributed by atoms with van der Waals surface area (Å²) in [6, 6.07) is 14.9. The fraction of sp³-hybridized carbons (Fsp3) is 0. The molecule has 4 aromatic carbocycles. The summed E-state index contributed by atoms with van der Waals surface area (Å²) in [4.78, 5) is 48.5. The van der Waals surface area contributed by atoms with Crippen LogP contribution in [0.2, 0.25) is 0 Å². The van der Waals surface area contributed by atoms with Crippen molar-refractivity contribution in [3.63, 3.8) is 0 Å². The maximum atomic E-state index is 12.7. The number of rotatable bonds is 5. The number of fused-ring (bicyclic) bond motifs is 3. The Morgan fingerprint density at radius 3 is 1.79 bits per heavy atom. The molecule has 0 bridgehead atoms. The van der Waals surface area contributed by atoms with E-state index in [0.29, 0.717) is 5.39 Å². The Bertz CT molecular complexity index is 1610. The fourth-order valence-electron chi connectivity index (χ4n) is 3.88. The molecule has 0 unspecified atom stereocenters. The minimum atomic E-state index is -4.28. The van der Waals surface area contributed by atoms with E-state index < -0.39 is 67.8 Å². The van der Waals surface area contributed by atoms with Gasteiger partial charge in [0.1, 0.15) is 0 Å². The van der Waals surface area contributed by atoms with Crippen LogP contribution < -0.4 is 110 Å². The quantitative estimate of drug-likeness (QED) is 0.190. The van der Waals surface area contributed by atoms with Crippen LogP contribution in [0.1, 0.15) is 41.4 Å². The normalized spacial score (nSPS) is 12.1. The van der Waals surface area contributed by atoms with Gasteiger partial charge in [-0.2, -0.15) is 0 Å². The van der Waals surface area contributed by atoms with Crippen LogP contribution in [0.4, 0.5) is 0 Å². The number of aromatic carboxylic acids is 3. The molecule has 0 saturated carbocycles. The van der Waals surface area contributed by atoms with Crippen LogP contribution in [0.25, 0.3) is 21.5 Å². The van der Waals surface area contributed by atoms with Crippen molar-refractivity contribution < 1.29 is 132 Å². The Hall–Kier alpha value is -1.30. The summed E-state index contributed by atoms with van der Waals surface area (Å²) in [5.41, 5.74) is -1.83. The fourth-order valence-corrected chi connectivity index (χ4v) is 6.80. The number of carboxylic acid groups (broad SMARTS) is 3. The van der Waals surface area contributed by atoms with Crippen LogP contribution in [0.15, 0.2) is 60.7 Å². The van der Waals surface area contributed by atoms with E-state index in [2.05, 4.69) is 0 Å². The van der Waals surface area contributed by atoms with E-state index >= 15 is 0 Å². The second kappa shape index (κ2) is 13.4. The van der Waals surface area contributed by atoms with E-state index in [1.165, 1.54) is 30.3 Å². The van der Waals surface area contributed by atoms with Gasteiger partial charge in [-0.3, -0.25) is 0 Å². The number of hydrogen-bond acceptors (Lipinski definition) is 10. The standard InChI is InChI=1S/2C12H8O5.3Na.Sb/c2*13-10-8(11(14)15)5-6-3-1-2-4-7(6)9(10)12(16)17;;;;/h2*1-5,13H,(H,14,15)(H,16,17);;;;/q;;3*+1;+3/p-6. The first-order valence-electron chi connectivity index (χ1n) is 9.90. The van der Waals surface area contributed by atoms with E-state index in [1.807, 2.05) is 0 Å². The van der Waals surface area contributed by atoms with Crippen molar-refractivity contribution in [2.75, 3.05) is 0 Å². The summed E-state index contributed by atoms with van der Waals surface area (Å²) in [7, 11) is 0. The molecule has 174 valence electrons. The van der Waals surface area contributed by atoms with Crippen molar-refractivity contribution in [1.29, 1.82) is 0 Å². The third-order valence-electron chi connectivity index (χ3n) is 5.34. The van der Waals surface area contributed by atoms with Crippen LogP contribution in [0, 0.1) is 0 Å². The molecule has 0 saturated heterocycles. The summed E-state index contributed by atoms with van der Waals surface area (Å²) in [6.07, 6.45) is 0. The Labute approximate surface area is 289 Å². The van der Waals surface area contributed by atoms with Gasteiger partial charge in [-0.15, -0.1) is 0 Å². The maximum absolute atomic E-state index is 12.7. The Balaban J connectivity index is 0.00000169. The third-order valence-corrected chi connectivity index (χ3v) is 8.13. The Morgan fingerprint density at radius 1 is 0.711 bits per heavy atom. The zero-order valence-corrected chi connectivity index (χ0v) is 28.9. The average Bonchev–Trinajstić information content (AvgIpc) is 2.81. The van der Waals surface area contributed by atoms with Crippen LogP contribution >= 0.6 is 0 Å². The minimum absolute atomic E-state index is 0. The number of hydrogen-bond donors (Lipinski definition) is 0. The molecule has 1 aliphatic rings. The predicted molar refractivity (Wildman–Crippen MR) is 113 cm³/mol. The Kier molecular flexibility index (Phi) is 11.6. The van der Waals surface area contributed by atoms with Gasteiger partial charge in [0, 0.05) is 0 Å². The molecule has 0 atom stereocenters. The van der Waals surface area contributed by atoms with Gasteiger partial charge >= 0.3 is 294 Å². The molecule has 0 spiro atoms. The molecule has 10 nitrogen and oxygen atoms in total. The smallest absolute Gasteiger partial charge is 1.00 e. The predicted octanol–water partition coefficient (Wildman–Crippen LogP) is -9.29. The molecule has 1 aliphatic heterocycles. The van der Waals surface area contributed by atoms with Gasteiger partial charge < -0.3 is 0 Å². The zero-order chi connectivity index (χ0) is 24.9. The summed E-state index contributed by atoms with van der Waals surface area (Å²) >= 11 is -4.28. The molecular formula is C24H10Na3O10Sb. The second-order valence-corrected chi connectivity index (χ2v) is 10.2. The maximum Gasteiger partial charge on any atom is 1.00 e. The van der Waals surface area contributed by atoms with Gasteiger partial charge in [-0.25, -0.2) is 0 Å². The molecule has 38 heavy (non-hydrogen) atoms. The molecule has 4 aromatic rings. The zero-order valence-electron chi connectivity index (χ0n) is 20.3. The van der Waals surface area contributed by atoms with Gasteiger partial charge in [0.2, 0.25) is 0 Å². The van der Waals surface area contributed by atoms with E-state index in [9.17, 15) is 34.5 Å². The molecule has 0 aromatic heterocycles. The second-order valence-electron chi connectivity index (χ2n) is 7.35. The van der Waals surface area contributed by atoms with Crippen molar-refractivity contribution >= 4 is 66.9 Å². The van der Waals surface area contributed by atoms with Gasteiger partial charge in [0.25, 0.3) is 0 Å². The van der Waals surface area contributed by atoms with Crippen molar-refractivity contribution in [1.82, 2.24) is 0 Å². The molecule has 0 amide bonds. The number of carboxylic acids is 3. The number of carbonyl (C=O) groups is 4. The van der Waals surface area contributed by atoms with Gasteiger partial charge in [0.05, 0.1) is 0 Å². The Morgan fingerprint density at radius 2 is 1.24 bits per heavy atom. The molecule has 0 aliphatic carbocycles. The monoisotopic (exact) mass is 648 g/mol. The largest absolute Gasteiger partial charge is 1.00 e. The molecule has 0 fully saturated rings. The molecule has 1 heterocycles. The van der Waals surface area contributed by atoms with Crippen LogP contribution in [0.3, 0.4) is 0 Å². The topological polar surface area (TPSA) is 165 Å². The SMILES string of the molecule is O=C([O-])c1cc2ccccc2c(C(=O)[O-])c1[O][Sb]1[O]C(=O)c2cc3ccccc3c(C(=O)[O-])c2[O]1.[Na+].[Na+].[Na+]. The number of carbonyl (C=O) groups excluding carboxylic acids is 4. The first-order valence-corrected chi connectivity index (χ1v) is 13.0. The third kappa shape index (κ3) is 6.05. The number of benzene rings is 4. The van der Waals surface area contributed by atoms with Gasteiger partial charge in [0.15, 0.2) is 0 Å². The van der Waals surface area contributed by atoms with Crippen LogP contribution in [-0.4, -0.2) is 45.3 Å². The van der Waals surface area contributed by atoms with Gasteiger partial charge in [-0.1, -0.05) is 0 Å². The van der Waals surface area contributed by atoms with E-state index in [-0.39, 0.29) is 116 Å². The van der Waals surface area contributed by atoms with E-state index in [0.717, 1.165) is 6.07 Å². The summed E-state index contributed by atoms with van der Waals surface area (Å²) in [5.74, 6) is -7.10. The molecule has 0 radical (unpaired) electrons. The van der Waals surface area contributed by atoms with Crippen molar-refractivity contribution in [2.24, 2.45) is 0 Å². The molecular weight excluding hydrogens is 639 g/mol. The van der Waals surface area contributed by atoms with Crippen molar-refractivity contribution in [3.05, 3.63) is 82.9 Å².